The lowest BCUT2D eigenvalue weighted by Gasteiger charge is -2.12. The van der Waals surface area contributed by atoms with Crippen LogP contribution in [0.3, 0.4) is 0 Å². The number of hydrogen-bond acceptors (Lipinski definition) is 6. The fourth-order valence-electron chi connectivity index (χ4n) is 1.85. The van der Waals surface area contributed by atoms with Gasteiger partial charge in [-0.25, -0.2) is 9.97 Å². The Balaban J connectivity index is 2.28. The van der Waals surface area contributed by atoms with Crippen LogP contribution >= 0.6 is 11.3 Å². The molecule has 0 bridgehead atoms. The van der Waals surface area contributed by atoms with Crippen LogP contribution in [0.25, 0.3) is 21.7 Å². The number of ether oxygens (including phenoxy) is 1. The second kappa shape index (κ2) is 4.85. The first-order valence-corrected chi connectivity index (χ1v) is 6.38. The number of fused-ring (bicyclic) bond motifs is 1. The molecule has 0 amide bonds. The zero-order chi connectivity index (χ0) is 15.0. The molecular weight excluding hydrogens is 309 g/mol. The highest BCUT2D eigenvalue weighted by Crippen LogP contribution is 2.39. The van der Waals surface area contributed by atoms with Gasteiger partial charge in [0.05, 0.1) is 11.1 Å². The van der Waals surface area contributed by atoms with Crippen molar-refractivity contribution in [3.05, 3.63) is 29.6 Å². The molecular formula is C12H5F3N2O3S. The molecule has 2 heterocycles. The van der Waals surface area contributed by atoms with Crippen molar-refractivity contribution in [1.29, 1.82) is 0 Å². The molecule has 0 atom stereocenters. The van der Waals surface area contributed by atoms with Gasteiger partial charge < -0.3 is 9.15 Å². The number of thiazole rings is 1. The minimum Gasteiger partial charge on any atom is -0.443 e. The SMILES string of the molecule is O=Cc1cc(-c2nccs2)c2ocnc2c1OC(F)(F)F. The van der Waals surface area contributed by atoms with Gasteiger partial charge in [0.25, 0.3) is 0 Å². The number of alkyl halides is 3. The molecule has 2 aromatic heterocycles. The maximum atomic E-state index is 12.5. The molecule has 0 fully saturated rings. The number of oxazole rings is 1. The van der Waals surface area contributed by atoms with E-state index in [1.807, 2.05) is 0 Å². The van der Waals surface area contributed by atoms with Gasteiger partial charge in [0.2, 0.25) is 0 Å². The highest BCUT2D eigenvalue weighted by atomic mass is 32.1. The second-order valence-corrected chi connectivity index (χ2v) is 4.77. The van der Waals surface area contributed by atoms with Crippen LogP contribution < -0.4 is 4.74 Å². The largest absolute Gasteiger partial charge is 0.573 e. The van der Waals surface area contributed by atoms with E-state index >= 15 is 0 Å². The highest BCUT2D eigenvalue weighted by molar-refractivity contribution is 7.13. The number of benzene rings is 1. The first-order valence-electron chi connectivity index (χ1n) is 5.50. The monoisotopic (exact) mass is 314 g/mol. The van der Waals surface area contributed by atoms with Crippen LogP contribution in [0.4, 0.5) is 13.2 Å². The van der Waals surface area contributed by atoms with Crippen LogP contribution in [0.15, 0.2) is 28.5 Å². The van der Waals surface area contributed by atoms with Crippen LogP contribution in [0.2, 0.25) is 0 Å². The number of rotatable bonds is 3. The molecule has 0 unspecified atom stereocenters. The third-order valence-electron chi connectivity index (χ3n) is 2.60. The van der Waals surface area contributed by atoms with Crippen molar-refractivity contribution in [2.75, 3.05) is 0 Å². The zero-order valence-electron chi connectivity index (χ0n) is 10.0. The Labute approximate surface area is 119 Å². The van der Waals surface area contributed by atoms with Gasteiger partial charge in [-0.1, -0.05) is 0 Å². The summed E-state index contributed by atoms with van der Waals surface area (Å²) in [7, 11) is 0. The van der Waals surface area contributed by atoms with E-state index in [9.17, 15) is 18.0 Å². The van der Waals surface area contributed by atoms with Crippen molar-refractivity contribution in [2.45, 2.75) is 6.36 Å². The third kappa shape index (κ3) is 2.47. The Bertz CT molecular complexity index is 796. The molecule has 108 valence electrons. The molecule has 0 N–H and O–H groups in total. The van der Waals surface area contributed by atoms with Crippen molar-refractivity contribution in [2.24, 2.45) is 0 Å². The predicted molar refractivity (Wildman–Crippen MR) is 67.2 cm³/mol. The molecule has 3 aromatic rings. The van der Waals surface area contributed by atoms with Gasteiger partial charge in [0.15, 0.2) is 29.5 Å². The number of aldehydes is 1. The summed E-state index contributed by atoms with van der Waals surface area (Å²) < 4.78 is 46.4. The lowest BCUT2D eigenvalue weighted by molar-refractivity contribution is -0.274. The lowest BCUT2D eigenvalue weighted by Crippen LogP contribution is -2.18. The molecule has 0 aliphatic heterocycles. The first kappa shape index (κ1) is 13.6. The van der Waals surface area contributed by atoms with Gasteiger partial charge in [-0.3, -0.25) is 4.79 Å². The highest BCUT2D eigenvalue weighted by Gasteiger charge is 2.34. The summed E-state index contributed by atoms with van der Waals surface area (Å²) in [6.45, 7) is 0. The van der Waals surface area contributed by atoms with Crippen molar-refractivity contribution < 1.29 is 27.1 Å². The average Bonchev–Trinajstić information content (AvgIpc) is 3.08. The minimum absolute atomic E-state index is 0.0785. The van der Waals surface area contributed by atoms with Gasteiger partial charge in [-0.15, -0.1) is 24.5 Å². The number of carbonyl (C=O) groups excluding carboxylic acids is 1. The molecule has 0 aliphatic carbocycles. The fraction of sp³-hybridized carbons (Fsp3) is 0.0833. The van der Waals surface area contributed by atoms with E-state index in [-0.39, 0.29) is 22.9 Å². The summed E-state index contributed by atoms with van der Waals surface area (Å²) in [5, 5.41) is 2.19. The maximum absolute atomic E-state index is 12.5. The number of nitrogens with zero attached hydrogens (tertiary/aromatic N) is 2. The summed E-state index contributed by atoms with van der Waals surface area (Å²) >= 11 is 1.25. The summed E-state index contributed by atoms with van der Waals surface area (Å²) in [4.78, 5) is 18.8. The van der Waals surface area contributed by atoms with Crippen molar-refractivity contribution in [3.63, 3.8) is 0 Å². The van der Waals surface area contributed by atoms with E-state index in [1.165, 1.54) is 23.6 Å². The second-order valence-electron chi connectivity index (χ2n) is 3.88. The normalized spacial score (nSPS) is 11.8. The van der Waals surface area contributed by atoms with E-state index in [0.717, 1.165) is 6.39 Å². The molecule has 0 saturated heterocycles. The van der Waals surface area contributed by atoms with Crippen LogP contribution in [0, 0.1) is 0 Å². The van der Waals surface area contributed by atoms with Crippen LogP contribution in [-0.2, 0) is 0 Å². The summed E-state index contributed by atoms with van der Waals surface area (Å²) in [6, 6.07) is 1.24. The molecule has 21 heavy (non-hydrogen) atoms. The topological polar surface area (TPSA) is 65.2 Å². The molecule has 5 nitrogen and oxygen atoms in total. The van der Waals surface area contributed by atoms with E-state index < -0.39 is 12.1 Å². The molecule has 0 aliphatic rings. The Kier molecular flexibility index (Phi) is 3.13. The number of halogens is 3. The van der Waals surface area contributed by atoms with E-state index in [4.69, 9.17) is 4.42 Å². The molecule has 0 spiro atoms. The third-order valence-corrected chi connectivity index (χ3v) is 3.40. The van der Waals surface area contributed by atoms with Gasteiger partial charge in [-0.2, -0.15) is 0 Å². The molecule has 1 aromatic carbocycles. The fourth-order valence-corrected chi connectivity index (χ4v) is 2.50. The Morgan fingerprint density at radius 3 is 2.76 bits per heavy atom. The zero-order valence-corrected chi connectivity index (χ0v) is 10.9. The quantitative estimate of drug-likeness (QED) is 0.690. The van der Waals surface area contributed by atoms with Crippen molar-refractivity contribution in [3.8, 4) is 16.3 Å². The van der Waals surface area contributed by atoms with E-state index in [0.29, 0.717) is 10.6 Å². The lowest BCUT2D eigenvalue weighted by atomic mass is 10.1. The van der Waals surface area contributed by atoms with Crippen molar-refractivity contribution in [1.82, 2.24) is 9.97 Å². The maximum Gasteiger partial charge on any atom is 0.573 e. The summed E-state index contributed by atoms with van der Waals surface area (Å²) in [5.74, 6) is -0.679. The van der Waals surface area contributed by atoms with Crippen LogP contribution in [0.5, 0.6) is 5.75 Å². The first-order chi connectivity index (χ1) is 9.99. The van der Waals surface area contributed by atoms with Crippen LogP contribution in [0.1, 0.15) is 10.4 Å². The van der Waals surface area contributed by atoms with Crippen molar-refractivity contribution >= 4 is 28.7 Å². The Hall–Kier alpha value is -2.42. The Morgan fingerprint density at radius 2 is 2.14 bits per heavy atom. The predicted octanol–water partition coefficient (Wildman–Crippen LogP) is 3.66. The standard InChI is InChI=1S/C12H5F3N2O3S/c13-12(14,15)20-9-6(4-18)3-7(11-16-1-2-21-11)10-8(9)17-5-19-10/h1-5H. The summed E-state index contributed by atoms with van der Waals surface area (Å²) in [5.41, 5.74) is 0.00461. The molecule has 0 radical (unpaired) electrons. The molecule has 0 saturated carbocycles. The van der Waals surface area contributed by atoms with Gasteiger partial charge in [0.1, 0.15) is 5.01 Å². The minimum atomic E-state index is -4.94. The number of carbonyl (C=O) groups is 1. The van der Waals surface area contributed by atoms with Gasteiger partial charge >= 0.3 is 6.36 Å². The van der Waals surface area contributed by atoms with Gasteiger partial charge in [0, 0.05) is 11.6 Å². The van der Waals surface area contributed by atoms with E-state index in [1.54, 1.807) is 5.38 Å². The number of aromatic nitrogens is 2. The Morgan fingerprint density at radius 1 is 1.33 bits per heavy atom. The average molecular weight is 314 g/mol. The summed E-state index contributed by atoms with van der Waals surface area (Å²) in [6.07, 6.45) is -2.15. The smallest absolute Gasteiger partial charge is 0.443 e. The molecule has 9 heteroatoms. The number of hydrogen-bond donors (Lipinski definition) is 0. The molecule has 3 rings (SSSR count). The van der Waals surface area contributed by atoms with Crippen LogP contribution in [-0.4, -0.2) is 22.6 Å². The van der Waals surface area contributed by atoms with Gasteiger partial charge in [-0.05, 0) is 6.07 Å². The van der Waals surface area contributed by atoms with E-state index in [2.05, 4.69) is 14.7 Å².